The predicted molar refractivity (Wildman–Crippen MR) is 103 cm³/mol. The molecule has 0 aliphatic rings. The summed E-state index contributed by atoms with van der Waals surface area (Å²) in [5, 5.41) is 4.71. The molecule has 0 radical (unpaired) electrons. The Morgan fingerprint density at radius 1 is 1.04 bits per heavy atom. The lowest BCUT2D eigenvalue weighted by molar-refractivity contribution is -0.121. The molecule has 5 nitrogen and oxygen atoms in total. The fourth-order valence-electron chi connectivity index (χ4n) is 3.21. The summed E-state index contributed by atoms with van der Waals surface area (Å²) in [7, 11) is 0. The maximum absolute atomic E-state index is 13.2. The van der Waals surface area contributed by atoms with Crippen molar-refractivity contribution in [2.75, 3.05) is 0 Å². The van der Waals surface area contributed by atoms with Crippen LogP contribution in [0.1, 0.15) is 17.5 Å². The van der Waals surface area contributed by atoms with Crippen LogP contribution in [-0.4, -0.2) is 15.9 Å². The molecule has 0 saturated carbocycles. The summed E-state index contributed by atoms with van der Waals surface area (Å²) in [5.74, 6) is -0.526. The second-order valence-electron chi connectivity index (χ2n) is 6.49. The quantitative estimate of drug-likeness (QED) is 0.508. The van der Waals surface area contributed by atoms with Crippen LogP contribution >= 0.6 is 0 Å². The molecule has 2 aromatic carbocycles. The lowest BCUT2D eigenvalue weighted by Gasteiger charge is -2.06. The number of nitrogens with one attached hydrogen (secondary N) is 3. The maximum atomic E-state index is 13.2. The van der Waals surface area contributed by atoms with Crippen molar-refractivity contribution in [3.05, 3.63) is 82.0 Å². The van der Waals surface area contributed by atoms with E-state index < -0.39 is 5.82 Å². The van der Waals surface area contributed by atoms with E-state index in [9.17, 15) is 14.0 Å². The highest BCUT2D eigenvalue weighted by atomic mass is 19.1. The van der Waals surface area contributed by atoms with Gasteiger partial charge in [-0.05, 0) is 47.7 Å². The highest BCUT2D eigenvalue weighted by molar-refractivity contribution is 5.84. The molecule has 0 spiro atoms. The van der Waals surface area contributed by atoms with E-state index >= 15 is 0 Å². The van der Waals surface area contributed by atoms with Crippen LogP contribution in [0.4, 0.5) is 4.39 Å². The molecule has 0 aliphatic carbocycles. The zero-order valence-corrected chi connectivity index (χ0v) is 14.5. The second-order valence-corrected chi connectivity index (χ2v) is 6.49. The van der Waals surface area contributed by atoms with Crippen LogP contribution in [0.5, 0.6) is 0 Å². The van der Waals surface area contributed by atoms with Crippen molar-refractivity contribution in [3.8, 4) is 0 Å². The predicted octanol–water partition coefficient (Wildman–Crippen LogP) is 3.40. The van der Waals surface area contributed by atoms with Gasteiger partial charge < -0.3 is 15.3 Å². The van der Waals surface area contributed by atoms with Crippen molar-refractivity contribution < 1.29 is 9.18 Å². The van der Waals surface area contributed by atoms with Gasteiger partial charge in [-0.25, -0.2) is 4.39 Å². The van der Waals surface area contributed by atoms with Crippen LogP contribution in [0.25, 0.3) is 21.8 Å². The minimum atomic E-state index is -0.400. The summed E-state index contributed by atoms with van der Waals surface area (Å²) < 4.78 is 13.2. The summed E-state index contributed by atoms with van der Waals surface area (Å²) in [6, 6.07) is 13.9. The van der Waals surface area contributed by atoms with E-state index in [-0.39, 0.29) is 17.9 Å². The van der Waals surface area contributed by atoms with Crippen LogP contribution in [0.15, 0.2) is 59.5 Å². The van der Waals surface area contributed by atoms with Crippen molar-refractivity contribution in [2.24, 2.45) is 0 Å². The number of amides is 1. The van der Waals surface area contributed by atoms with Gasteiger partial charge >= 0.3 is 0 Å². The summed E-state index contributed by atoms with van der Waals surface area (Å²) in [6.07, 6.45) is 2.42. The molecular weight excluding hydrogens is 345 g/mol. The van der Waals surface area contributed by atoms with Gasteiger partial charge in [0.15, 0.2) is 0 Å². The second kappa shape index (κ2) is 7.07. The molecule has 1 amide bonds. The first kappa shape index (κ1) is 17.0. The fraction of sp³-hybridized carbons (Fsp3) is 0.143. The van der Waals surface area contributed by atoms with Crippen molar-refractivity contribution >= 4 is 27.7 Å². The third-order valence-corrected chi connectivity index (χ3v) is 4.66. The molecule has 4 aromatic rings. The summed E-state index contributed by atoms with van der Waals surface area (Å²) >= 11 is 0. The first-order valence-electron chi connectivity index (χ1n) is 8.73. The Labute approximate surface area is 154 Å². The molecule has 0 atom stereocenters. The minimum Gasteiger partial charge on any atom is -0.361 e. The number of aryl methyl sites for hydroxylation is 1. The van der Waals surface area contributed by atoms with Gasteiger partial charge in [-0.15, -0.1) is 0 Å². The molecule has 6 heteroatoms. The third-order valence-electron chi connectivity index (χ3n) is 4.66. The molecule has 2 aromatic heterocycles. The largest absolute Gasteiger partial charge is 0.361 e. The van der Waals surface area contributed by atoms with E-state index in [4.69, 9.17) is 0 Å². The van der Waals surface area contributed by atoms with Crippen molar-refractivity contribution in [2.45, 2.75) is 19.4 Å². The molecule has 0 aliphatic heterocycles. The Morgan fingerprint density at radius 3 is 2.78 bits per heavy atom. The number of aromatic amines is 2. The molecule has 3 N–H and O–H groups in total. The summed E-state index contributed by atoms with van der Waals surface area (Å²) in [5.41, 5.74) is 2.71. The Kier molecular flexibility index (Phi) is 4.46. The van der Waals surface area contributed by atoms with E-state index in [1.807, 2.05) is 30.5 Å². The van der Waals surface area contributed by atoms with Gasteiger partial charge in [-0.2, -0.15) is 0 Å². The van der Waals surface area contributed by atoms with E-state index in [2.05, 4.69) is 15.3 Å². The molecule has 4 rings (SSSR count). The number of pyridine rings is 1. The number of rotatable bonds is 5. The van der Waals surface area contributed by atoms with Crippen LogP contribution in [0, 0.1) is 5.82 Å². The Bertz CT molecular complexity index is 1190. The number of halogens is 1. The fourth-order valence-corrected chi connectivity index (χ4v) is 3.21. The number of aromatic nitrogens is 2. The molecule has 27 heavy (non-hydrogen) atoms. The van der Waals surface area contributed by atoms with Crippen molar-refractivity contribution in [1.29, 1.82) is 0 Å². The van der Waals surface area contributed by atoms with Gasteiger partial charge in [0.25, 0.3) is 5.56 Å². The lowest BCUT2D eigenvalue weighted by atomic mass is 10.1. The summed E-state index contributed by atoms with van der Waals surface area (Å²) in [6.45, 7) is 0.427. The van der Waals surface area contributed by atoms with Gasteiger partial charge in [-0.3, -0.25) is 9.59 Å². The first-order valence-corrected chi connectivity index (χ1v) is 8.73. The van der Waals surface area contributed by atoms with Crippen LogP contribution in [0.2, 0.25) is 0 Å². The standard InChI is InChI=1S/C21H18FN3O2/c22-16-7-5-13-9-14(21(27)25-19(13)10-16)6-8-20(26)24-12-15-11-23-18-4-2-1-3-17(15)18/h1-5,7,9-11,23H,6,8,12H2,(H,24,26)(H,25,27). The number of benzene rings is 2. The van der Waals surface area contributed by atoms with E-state index in [0.29, 0.717) is 24.0 Å². The third kappa shape index (κ3) is 3.60. The van der Waals surface area contributed by atoms with Gasteiger partial charge in [0.1, 0.15) is 5.82 Å². The van der Waals surface area contributed by atoms with Gasteiger partial charge in [0.05, 0.1) is 5.52 Å². The number of carbonyl (C=O) groups is 1. The number of fused-ring (bicyclic) bond motifs is 2. The van der Waals surface area contributed by atoms with Gasteiger partial charge in [0.2, 0.25) is 5.91 Å². The molecule has 136 valence electrons. The topological polar surface area (TPSA) is 77.8 Å². The lowest BCUT2D eigenvalue weighted by Crippen LogP contribution is -2.24. The number of para-hydroxylation sites is 1. The highest BCUT2D eigenvalue weighted by Crippen LogP contribution is 2.17. The van der Waals surface area contributed by atoms with E-state index in [1.165, 1.54) is 12.1 Å². The minimum absolute atomic E-state index is 0.126. The first-order chi connectivity index (χ1) is 13.1. The Balaban J connectivity index is 1.40. The number of hydrogen-bond donors (Lipinski definition) is 3. The number of H-pyrrole nitrogens is 2. The summed E-state index contributed by atoms with van der Waals surface area (Å²) in [4.78, 5) is 30.2. The Hall–Kier alpha value is -3.41. The highest BCUT2D eigenvalue weighted by Gasteiger charge is 2.09. The van der Waals surface area contributed by atoms with Crippen LogP contribution < -0.4 is 10.9 Å². The monoisotopic (exact) mass is 363 g/mol. The normalized spacial score (nSPS) is 11.1. The zero-order valence-electron chi connectivity index (χ0n) is 14.5. The van der Waals surface area contributed by atoms with Crippen LogP contribution in [-0.2, 0) is 17.8 Å². The number of hydrogen-bond acceptors (Lipinski definition) is 2. The van der Waals surface area contributed by atoms with E-state index in [0.717, 1.165) is 21.9 Å². The molecule has 2 heterocycles. The molecular formula is C21H18FN3O2. The van der Waals surface area contributed by atoms with Gasteiger partial charge in [-0.1, -0.05) is 18.2 Å². The molecule has 0 bridgehead atoms. The van der Waals surface area contributed by atoms with Crippen LogP contribution in [0.3, 0.4) is 0 Å². The molecule has 0 fully saturated rings. The Morgan fingerprint density at radius 2 is 1.89 bits per heavy atom. The van der Waals surface area contributed by atoms with Crippen molar-refractivity contribution in [3.63, 3.8) is 0 Å². The van der Waals surface area contributed by atoms with E-state index in [1.54, 1.807) is 12.1 Å². The molecule has 0 unspecified atom stereocenters. The number of carbonyl (C=O) groups excluding carboxylic acids is 1. The average Bonchev–Trinajstić information content (AvgIpc) is 3.08. The zero-order chi connectivity index (χ0) is 18.8. The SMILES string of the molecule is O=C(CCc1cc2ccc(F)cc2[nH]c1=O)NCc1c[nH]c2ccccc12. The maximum Gasteiger partial charge on any atom is 0.251 e. The van der Waals surface area contributed by atoms with Crippen molar-refractivity contribution in [1.82, 2.24) is 15.3 Å². The van der Waals surface area contributed by atoms with Gasteiger partial charge in [0, 0.05) is 35.6 Å². The molecule has 0 saturated heterocycles. The average molecular weight is 363 g/mol. The smallest absolute Gasteiger partial charge is 0.251 e.